The molecule has 1 heterocycles. The Morgan fingerprint density at radius 2 is 1.91 bits per heavy atom. The molecule has 0 aliphatic heterocycles. The van der Waals surface area contributed by atoms with Crippen LogP contribution in [0, 0.1) is 0 Å². The van der Waals surface area contributed by atoms with Gasteiger partial charge in [-0.1, -0.05) is 0 Å². The van der Waals surface area contributed by atoms with E-state index in [-0.39, 0.29) is 5.97 Å². The Hall–Kier alpha value is -2.56. The van der Waals surface area contributed by atoms with Crippen LogP contribution in [0.5, 0.6) is 11.5 Å². The molecule has 0 saturated heterocycles. The Balaban J connectivity index is 1.86. The average Bonchev–Trinajstić information content (AvgIpc) is 2.59. The lowest BCUT2D eigenvalue weighted by Gasteiger charge is -2.11. The fraction of sp³-hybridized carbons (Fsp3) is 0.333. The van der Waals surface area contributed by atoms with Crippen molar-refractivity contribution in [1.29, 1.82) is 0 Å². The van der Waals surface area contributed by atoms with E-state index in [2.05, 4.69) is 4.98 Å². The molecule has 0 unspecified atom stereocenters. The highest BCUT2D eigenvalue weighted by Crippen LogP contribution is 2.28. The van der Waals surface area contributed by atoms with Gasteiger partial charge in [-0.25, -0.2) is 4.79 Å². The van der Waals surface area contributed by atoms with Gasteiger partial charge in [0.25, 0.3) is 0 Å². The van der Waals surface area contributed by atoms with Crippen molar-refractivity contribution in [3.05, 3.63) is 53.9 Å². The number of aryl methyl sites for hydroxylation is 1. The number of aromatic nitrogens is 1. The smallest absolute Gasteiger partial charge is 0.338 e. The van der Waals surface area contributed by atoms with Gasteiger partial charge in [-0.3, -0.25) is 4.98 Å². The number of hydrogen-bond acceptors (Lipinski definition) is 5. The van der Waals surface area contributed by atoms with Gasteiger partial charge in [0.05, 0.1) is 25.9 Å². The molecular weight excluding hydrogens is 294 g/mol. The molecule has 2 rings (SSSR count). The summed E-state index contributed by atoms with van der Waals surface area (Å²) in [6.07, 6.45) is 5.13. The number of hydrogen-bond donors (Lipinski definition) is 0. The first-order valence-corrected chi connectivity index (χ1v) is 7.61. The van der Waals surface area contributed by atoms with E-state index in [4.69, 9.17) is 14.2 Å². The summed E-state index contributed by atoms with van der Waals surface area (Å²) in [6, 6.07) is 8.94. The molecule has 0 aliphatic carbocycles. The molecule has 0 bridgehead atoms. The van der Waals surface area contributed by atoms with E-state index in [1.165, 1.54) is 5.56 Å². The van der Waals surface area contributed by atoms with Crippen molar-refractivity contribution in [2.75, 3.05) is 20.3 Å². The lowest BCUT2D eigenvalue weighted by molar-refractivity contribution is 0.0500. The lowest BCUT2D eigenvalue weighted by atomic mass is 10.1. The van der Waals surface area contributed by atoms with Crippen molar-refractivity contribution in [3.63, 3.8) is 0 Å². The highest BCUT2D eigenvalue weighted by Gasteiger charge is 2.12. The summed E-state index contributed by atoms with van der Waals surface area (Å²) in [5.41, 5.74) is 1.64. The van der Waals surface area contributed by atoms with Crippen molar-refractivity contribution in [2.24, 2.45) is 0 Å². The van der Waals surface area contributed by atoms with Gasteiger partial charge in [0.1, 0.15) is 0 Å². The first-order valence-electron chi connectivity index (χ1n) is 7.61. The number of ether oxygens (including phenoxy) is 3. The summed E-state index contributed by atoms with van der Waals surface area (Å²) in [4.78, 5) is 16.1. The number of carbonyl (C=O) groups is 1. The second-order valence-corrected chi connectivity index (χ2v) is 4.89. The quantitative estimate of drug-likeness (QED) is 0.553. The van der Waals surface area contributed by atoms with E-state index >= 15 is 0 Å². The number of nitrogens with zero attached hydrogens (tertiary/aromatic N) is 1. The van der Waals surface area contributed by atoms with Gasteiger partial charge in [-0.05, 0) is 55.7 Å². The second-order valence-electron chi connectivity index (χ2n) is 4.89. The molecule has 0 aliphatic rings. The third kappa shape index (κ3) is 4.98. The van der Waals surface area contributed by atoms with Crippen molar-refractivity contribution < 1.29 is 19.0 Å². The summed E-state index contributed by atoms with van der Waals surface area (Å²) in [7, 11) is 1.56. The van der Waals surface area contributed by atoms with Crippen LogP contribution >= 0.6 is 0 Å². The Kier molecular flexibility index (Phi) is 6.41. The topological polar surface area (TPSA) is 57.7 Å². The molecule has 0 atom stereocenters. The normalized spacial score (nSPS) is 10.2. The summed E-state index contributed by atoms with van der Waals surface area (Å²) < 4.78 is 16.0. The van der Waals surface area contributed by atoms with Gasteiger partial charge in [-0.2, -0.15) is 0 Å². The molecule has 122 valence electrons. The molecule has 0 saturated carbocycles. The fourth-order valence-corrected chi connectivity index (χ4v) is 2.15. The number of carbonyl (C=O) groups excluding carboxylic acids is 1. The van der Waals surface area contributed by atoms with Crippen LogP contribution in [0.3, 0.4) is 0 Å². The van der Waals surface area contributed by atoms with Crippen LogP contribution in [0.1, 0.15) is 29.3 Å². The molecule has 1 aromatic heterocycles. The van der Waals surface area contributed by atoms with E-state index in [9.17, 15) is 4.79 Å². The molecule has 0 N–H and O–H groups in total. The summed E-state index contributed by atoms with van der Waals surface area (Å²) in [6.45, 7) is 2.75. The van der Waals surface area contributed by atoms with Crippen molar-refractivity contribution in [3.8, 4) is 11.5 Å². The highest BCUT2D eigenvalue weighted by molar-refractivity contribution is 5.90. The van der Waals surface area contributed by atoms with Gasteiger partial charge in [0.15, 0.2) is 11.5 Å². The SMILES string of the molecule is CCOc1cc(C(=O)OCCCc2ccncc2)ccc1OC. The molecule has 5 heteroatoms. The van der Waals surface area contributed by atoms with Gasteiger partial charge in [0.2, 0.25) is 0 Å². The maximum absolute atomic E-state index is 12.1. The van der Waals surface area contributed by atoms with Gasteiger partial charge in [0, 0.05) is 12.4 Å². The molecule has 23 heavy (non-hydrogen) atoms. The minimum atomic E-state index is -0.358. The Morgan fingerprint density at radius 1 is 1.13 bits per heavy atom. The van der Waals surface area contributed by atoms with E-state index in [1.807, 2.05) is 19.1 Å². The van der Waals surface area contributed by atoms with Crippen molar-refractivity contribution in [1.82, 2.24) is 4.98 Å². The molecule has 0 radical (unpaired) electrons. The number of pyridine rings is 1. The van der Waals surface area contributed by atoms with Crippen LogP contribution in [0.4, 0.5) is 0 Å². The summed E-state index contributed by atoms with van der Waals surface area (Å²) in [5, 5.41) is 0. The molecular formula is C18H21NO4. The minimum absolute atomic E-state index is 0.358. The first kappa shape index (κ1) is 16.8. The average molecular weight is 315 g/mol. The van der Waals surface area contributed by atoms with E-state index < -0.39 is 0 Å². The Morgan fingerprint density at radius 3 is 2.61 bits per heavy atom. The van der Waals surface area contributed by atoms with Crippen LogP contribution in [0.25, 0.3) is 0 Å². The molecule has 0 fully saturated rings. The van der Waals surface area contributed by atoms with Crippen LogP contribution in [0.2, 0.25) is 0 Å². The zero-order valence-corrected chi connectivity index (χ0v) is 13.5. The van der Waals surface area contributed by atoms with Crippen LogP contribution < -0.4 is 9.47 Å². The van der Waals surface area contributed by atoms with E-state index in [0.717, 1.165) is 12.8 Å². The maximum atomic E-state index is 12.1. The fourth-order valence-electron chi connectivity index (χ4n) is 2.15. The van der Waals surface area contributed by atoms with Crippen LogP contribution in [-0.4, -0.2) is 31.3 Å². The third-order valence-corrected chi connectivity index (χ3v) is 3.29. The molecule has 2 aromatic rings. The zero-order chi connectivity index (χ0) is 16.5. The zero-order valence-electron chi connectivity index (χ0n) is 13.5. The van der Waals surface area contributed by atoms with Gasteiger partial charge >= 0.3 is 5.97 Å². The molecule has 0 spiro atoms. The number of rotatable bonds is 8. The molecule has 1 aromatic carbocycles. The van der Waals surface area contributed by atoms with Crippen molar-refractivity contribution >= 4 is 5.97 Å². The second kappa shape index (κ2) is 8.78. The lowest BCUT2D eigenvalue weighted by Crippen LogP contribution is -2.08. The summed E-state index contributed by atoms with van der Waals surface area (Å²) >= 11 is 0. The Labute approximate surface area is 136 Å². The standard InChI is InChI=1S/C18H21NO4/c1-3-22-17-13-15(6-7-16(17)21-2)18(20)23-12-4-5-14-8-10-19-11-9-14/h6-11,13H,3-5,12H2,1-2H3. The van der Waals surface area contributed by atoms with Crippen LogP contribution in [-0.2, 0) is 11.2 Å². The largest absolute Gasteiger partial charge is 0.493 e. The minimum Gasteiger partial charge on any atom is -0.493 e. The number of methoxy groups -OCH3 is 1. The Bertz CT molecular complexity index is 628. The van der Waals surface area contributed by atoms with Crippen molar-refractivity contribution in [2.45, 2.75) is 19.8 Å². The summed E-state index contributed by atoms with van der Waals surface area (Å²) in [5.74, 6) is 0.783. The number of esters is 1. The predicted molar refractivity (Wildman–Crippen MR) is 87.0 cm³/mol. The first-order chi connectivity index (χ1) is 11.2. The monoisotopic (exact) mass is 315 g/mol. The molecule has 0 amide bonds. The van der Waals surface area contributed by atoms with E-state index in [1.54, 1.807) is 37.7 Å². The third-order valence-electron chi connectivity index (χ3n) is 3.29. The maximum Gasteiger partial charge on any atom is 0.338 e. The number of benzene rings is 1. The molecule has 5 nitrogen and oxygen atoms in total. The van der Waals surface area contributed by atoms with Gasteiger partial charge in [-0.15, -0.1) is 0 Å². The van der Waals surface area contributed by atoms with Crippen LogP contribution in [0.15, 0.2) is 42.7 Å². The predicted octanol–water partition coefficient (Wildman–Crippen LogP) is 3.28. The van der Waals surface area contributed by atoms with E-state index in [0.29, 0.717) is 30.3 Å². The van der Waals surface area contributed by atoms with Gasteiger partial charge < -0.3 is 14.2 Å². The highest BCUT2D eigenvalue weighted by atomic mass is 16.5.